The zero-order valence-electron chi connectivity index (χ0n) is 10.6. The Morgan fingerprint density at radius 2 is 1.69 bits per heavy atom. The number of hydrogen-bond donors (Lipinski definition) is 2. The number of carboxylic acid groups (broad SMARTS) is 1. The molecule has 1 aliphatic rings. The van der Waals surface area contributed by atoms with Gasteiger partial charge >= 0.3 is 5.97 Å². The number of carbonyl (C=O) groups is 1. The zero-order chi connectivity index (χ0) is 12.3. The third-order valence-electron chi connectivity index (χ3n) is 4.26. The average molecular weight is 228 g/mol. The van der Waals surface area contributed by atoms with Gasteiger partial charge in [-0.05, 0) is 30.6 Å². The van der Waals surface area contributed by atoms with Crippen molar-refractivity contribution in [3.05, 3.63) is 0 Å². The molecule has 0 spiro atoms. The lowest BCUT2D eigenvalue weighted by molar-refractivity contribution is -0.177. The minimum Gasteiger partial charge on any atom is -0.479 e. The molecule has 0 aromatic carbocycles. The van der Waals surface area contributed by atoms with Crippen molar-refractivity contribution in [2.45, 2.75) is 58.5 Å². The minimum atomic E-state index is -1.53. The molecule has 3 heteroatoms. The Labute approximate surface area is 97.9 Å². The number of rotatable bonds is 4. The normalized spacial score (nSPS) is 24.1. The standard InChI is InChI=1S/C13H24O3/c1-9(2)10(3)13(16,12(14)15)11-7-5-4-6-8-11/h9-11,16H,4-8H2,1-3H3,(H,14,15). The van der Waals surface area contributed by atoms with Crippen molar-refractivity contribution in [3.8, 4) is 0 Å². The molecule has 2 atom stereocenters. The highest BCUT2D eigenvalue weighted by Crippen LogP contribution is 2.39. The van der Waals surface area contributed by atoms with Gasteiger partial charge in [0, 0.05) is 0 Å². The molecule has 2 unspecified atom stereocenters. The molecule has 94 valence electrons. The fraction of sp³-hybridized carbons (Fsp3) is 0.923. The summed E-state index contributed by atoms with van der Waals surface area (Å²) in [6, 6.07) is 0. The fourth-order valence-corrected chi connectivity index (χ4v) is 2.79. The van der Waals surface area contributed by atoms with E-state index in [0.29, 0.717) is 0 Å². The first-order valence-electron chi connectivity index (χ1n) is 6.36. The van der Waals surface area contributed by atoms with Crippen molar-refractivity contribution in [1.82, 2.24) is 0 Å². The van der Waals surface area contributed by atoms with Crippen LogP contribution in [0, 0.1) is 17.8 Å². The van der Waals surface area contributed by atoms with Crippen molar-refractivity contribution in [2.24, 2.45) is 17.8 Å². The Balaban J connectivity index is 2.90. The lowest BCUT2D eigenvalue weighted by atomic mass is 9.68. The van der Waals surface area contributed by atoms with E-state index in [1.807, 2.05) is 20.8 Å². The average Bonchev–Trinajstić information content (AvgIpc) is 2.27. The molecule has 0 radical (unpaired) electrons. The van der Waals surface area contributed by atoms with Crippen molar-refractivity contribution >= 4 is 5.97 Å². The van der Waals surface area contributed by atoms with Crippen LogP contribution in [0.2, 0.25) is 0 Å². The van der Waals surface area contributed by atoms with Crippen LogP contribution in [-0.4, -0.2) is 21.8 Å². The second-order valence-electron chi connectivity index (χ2n) is 5.50. The Morgan fingerprint density at radius 1 is 1.19 bits per heavy atom. The molecule has 1 fully saturated rings. The molecule has 3 nitrogen and oxygen atoms in total. The smallest absolute Gasteiger partial charge is 0.336 e. The SMILES string of the molecule is CC(C)C(C)C(O)(C(=O)O)C1CCCCC1. The van der Waals surface area contributed by atoms with Crippen LogP contribution >= 0.6 is 0 Å². The van der Waals surface area contributed by atoms with Crippen molar-refractivity contribution < 1.29 is 15.0 Å². The van der Waals surface area contributed by atoms with E-state index in [9.17, 15) is 15.0 Å². The lowest BCUT2D eigenvalue weighted by Crippen LogP contribution is -2.53. The molecule has 1 rings (SSSR count). The van der Waals surface area contributed by atoms with E-state index >= 15 is 0 Å². The summed E-state index contributed by atoms with van der Waals surface area (Å²) in [6.07, 6.45) is 4.96. The quantitative estimate of drug-likeness (QED) is 0.777. The van der Waals surface area contributed by atoms with E-state index in [1.165, 1.54) is 6.42 Å². The summed E-state index contributed by atoms with van der Waals surface area (Å²) in [5, 5.41) is 19.9. The highest BCUT2D eigenvalue weighted by Gasteiger charge is 2.49. The van der Waals surface area contributed by atoms with Crippen LogP contribution < -0.4 is 0 Å². The van der Waals surface area contributed by atoms with E-state index in [1.54, 1.807) is 0 Å². The van der Waals surface area contributed by atoms with Gasteiger partial charge in [0.2, 0.25) is 0 Å². The Morgan fingerprint density at radius 3 is 2.06 bits per heavy atom. The largest absolute Gasteiger partial charge is 0.479 e. The van der Waals surface area contributed by atoms with Gasteiger partial charge in [-0.1, -0.05) is 40.0 Å². The van der Waals surface area contributed by atoms with Gasteiger partial charge in [0.25, 0.3) is 0 Å². The molecule has 0 aliphatic heterocycles. The van der Waals surface area contributed by atoms with Crippen LogP contribution in [0.25, 0.3) is 0 Å². The Hall–Kier alpha value is -0.570. The Kier molecular flexibility index (Phi) is 4.36. The first-order valence-corrected chi connectivity index (χ1v) is 6.36. The number of hydrogen-bond acceptors (Lipinski definition) is 2. The molecule has 0 saturated heterocycles. The van der Waals surface area contributed by atoms with Crippen LogP contribution in [0.15, 0.2) is 0 Å². The summed E-state index contributed by atoms with van der Waals surface area (Å²) in [5.41, 5.74) is -1.53. The predicted molar refractivity (Wildman–Crippen MR) is 63.2 cm³/mol. The molecular weight excluding hydrogens is 204 g/mol. The summed E-state index contributed by atoms with van der Waals surface area (Å²) in [5.74, 6) is -1.13. The molecule has 0 amide bonds. The van der Waals surface area contributed by atoms with Gasteiger partial charge < -0.3 is 10.2 Å². The third kappa shape index (κ3) is 2.40. The van der Waals surface area contributed by atoms with Gasteiger partial charge in [0.05, 0.1) is 0 Å². The second kappa shape index (κ2) is 5.17. The summed E-state index contributed by atoms with van der Waals surface area (Å²) >= 11 is 0. The van der Waals surface area contributed by atoms with Crippen LogP contribution in [-0.2, 0) is 4.79 Å². The van der Waals surface area contributed by atoms with Gasteiger partial charge in [0.15, 0.2) is 5.60 Å². The molecule has 16 heavy (non-hydrogen) atoms. The number of carboxylic acids is 1. The maximum atomic E-state index is 11.4. The van der Waals surface area contributed by atoms with Crippen LogP contribution in [0.3, 0.4) is 0 Å². The summed E-state index contributed by atoms with van der Waals surface area (Å²) < 4.78 is 0. The van der Waals surface area contributed by atoms with Gasteiger partial charge in [-0.2, -0.15) is 0 Å². The van der Waals surface area contributed by atoms with E-state index in [4.69, 9.17) is 0 Å². The first-order chi connectivity index (χ1) is 7.40. The molecule has 1 saturated carbocycles. The molecule has 0 aromatic rings. The molecule has 0 bridgehead atoms. The van der Waals surface area contributed by atoms with Gasteiger partial charge in [0.1, 0.15) is 0 Å². The third-order valence-corrected chi connectivity index (χ3v) is 4.26. The topological polar surface area (TPSA) is 57.5 Å². The molecule has 2 N–H and O–H groups in total. The van der Waals surface area contributed by atoms with Gasteiger partial charge in [-0.25, -0.2) is 4.79 Å². The summed E-state index contributed by atoms with van der Waals surface area (Å²) in [7, 11) is 0. The zero-order valence-corrected chi connectivity index (χ0v) is 10.6. The predicted octanol–water partition coefficient (Wildman–Crippen LogP) is 2.67. The van der Waals surface area contributed by atoms with Crippen LogP contribution in [0.5, 0.6) is 0 Å². The van der Waals surface area contributed by atoms with E-state index < -0.39 is 11.6 Å². The molecule has 1 aliphatic carbocycles. The van der Waals surface area contributed by atoms with Crippen LogP contribution in [0.4, 0.5) is 0 Å². The highest BCUT2D eigenvalue weighted by molar-refractivity contribution is 5.78. The monoisotopic (exact) mass is 228 g/mol. The van der Waals surface area contributed by atoms with Crippen molar-refractivity contribution in [1.29, 1.82) is 0 Å². The van der Waals surface area contributed by atoms with Gasteiger partial charge in [-0.3, -0.25) is 0 Å². The van der Waals surface area contributed by atoms with Crippen molar-refractivity contribution in [3.63, 3.8) is 0 Å². The maximum Gasteiger partial charge on any atom is 0.336 e. The minimum absolute atomic E-state index is 0.0730. The number of aliphatic carboxylic acids is 1. The van der Waals surface area contributed by atoms with Crippen molar-refractivity contribution in [2.75, 3.05) is 0 Å². The second-order valence-corrected chi connectivity index (χ2v) is 5.50. The van der Waals surface area contributed by atoms with Crippen LogP contribution in [0.1, 0.15) is 52.9 Å². The summed E-state index contributed by atoms with van der Waals surface area (Å²) in [4.78, 5) is 11.4. The van der Waals surface area contributed by atoms with E-state index in [0.717, 1.165) is 25.7 Å². The molecule has 0 aromatic heterocycles. The van der Waals surface area contributed by atoms with Gasteiger partial charge in [-0.15, -0.1) is 0 Å². The number of aliphatic hydroxyl groups is 1. The highest BCUT2D eigenvalue weighted by atomic mass is 16.4. The Bertz CT molecular complexity index is 244. The molecule has 0 heterocycles. The first kappa shape index (κ1) is 13.5. The maximum absolute atomic E-state index is 11.4. The molecular formula is C13H24O3. The summed E-state index contributed by atoms with van der Waals surface area (Å²) in [6.45, 7) is 5.80. The van der Waals surface area contributed by atoms with E-state index in [-0.39, 0.29) is 17.8 Å². The lowest BCUT2D eigenvalue weighted by Gasteiger charge is -2.40. The van der Waals surface area contributed by atoms with E-state index in [2.05, 4.69) is 0 Å². The fourth-order valence-electron chi connectivity index (χ4n) is 2.79.